The van der Waals surface area contributed by atoms with E-state index in [9.17, 15) is 9.59 Å². The van der Waals surface area contributed by atoms with Crippen LogP contribution in [0.3, 0.4) is 0 Å². The first-order valence-corrected chi connectivity index (χ1v) is 8.02. The van der Waals surface area contributed by atoms with E-state index >= 15 is 0 Å². The summed E-state index contributed by atoms with van der Waals surface area (Å²) in [5.74, 6) is 0.423. The highest BCUT2D eigenvalue weighted by Gasteiger charge is 2.50. The second kappa shape index (κ2) is 4.88. The van der Waals surface area contributed by atoms with Gasteiger partial charge < -0.3 is 10.2 Å². The third-order valence-electron chi connectivity index (χ3n) is 4.08. The van der Waals surface area contributed by atoms with Crippen molar-refractivity contribution >= 4 is 23.2 Å². The fourth-order valence-corrected chi connectivity index (χ4v) is 3.57. The lowest BCUT2D eigenvalue weighted by Crippen LogP contribution is -2.68. The topological polar surface area (TPSA) is 49.4 Å². The summed E-state index contributed by atoms with van der Waals surface area (Å²) in [5, 5.41) is 4.92. The van der Waals surface area contributed by atoms with Crippen LogP contribution >= 0.6 is 11.3 Å². The molecule has 0 spiro atoms. The van der Waals surface area contributed by atoms with Crippen LogP contribution in [0.15, 0.2) is 17.5 Å². The molecule has 1 N–H and O–H groups in total. The van der Waals surface area contributed by atoms with E-state index in [1.807, 2.05) is 16.3 Å². The fraction of sp³-hybridized carbons (Fsp3) is 0.600. The predicted molar refractivity (Wildman–Crippen MR) is 78.5 cm³/mol. The standard InChI is InChI=1S/C15H20N2O2S/c1-15(2)14(19)17(8-7-11-4-3-9-20-11)12(10-5-6-10)13(18)16-15/h3-4,9-10,12H,5-8H2,1-2H3,(H,16,18). The number of thiophene rings is 1. The smallest absolute Gasteiger partial charge is 0.248 e. The minimum absolute atomic E-state index is 0.0169. The van der Waals surface area contributed by atoms with Gasteiger partial charge in [-0.2, -0.15) is 0 Å². The first kappa shape index (κ1) is 13.6. The molecule has 1 aromatic heterocycles. The van der Waals surface area contributed by atoms with E-state index in [2.05, 4.69) is 11.4 Å². The van der Waals surface area contributed by atoms with Crippen molar-refractivity contribution < 1.29 is 9.59 Å². The summed E-state index contributed by atoms with van der Waals surface area (Å²) in [6.07, 6.45) is 2.94. The number of nitrogens with one attached hydrogen (secondary N) is 1. The maximum absolute atomic E-state index is 12.6. The molecule has 1 aliphatic carbocycles. The van der Waals surface area contributed by atoms with Crippen molar-refractivity contribution in [1.29, 1.82) is 0 Å². The van der Waals surface area contributed by atoms with E-state index in [4.69, 9.17) is 0 Å². The van der Waals surface area contributed by atoms with Crippen molar-refractivity contribution in [2.45, 2.75) is 44.7 Å². The number of carbonyl (C=O) groups is 2. The molecule has 1 aliphatic heterocycles. The Morgan fingerprint density at radius 3 is 2.75 bits per heavy atom. The normalized spacial score (nSPS) is 25.7. The summed E-state index contributed by atoms with van der Waals surface area (Å²) in [6, 6.07) is 3.85. The highest BCUT2D eigenvalue weighted by Crippen LogP contribution is 2.38. The third kappa shape index (κ3) is 2.46. The van der Waals surface area contributed by atoms with Crippen LogP contribution in [0.1, 0.15) is 31.6 Å². The average Bonchev–Trinajstić information content (AvgIpc) is 3.06. The van der Waals surface area contributed by atoms with Crippen LogP contribution in [0, 0.1) is 5.92 Å². The maximum atomic E-state index is 12.6. The fourth-order valence-electron chi connectivity index (χ4n) is 2.87. The van der Waals surface area contributed by atoms with Gasteiger partial charge >= 0.3 is 0 Å². The Morgan fingerprint density at radius 2 is 2.15 bits per heavy atom. The molecule has 1 saturated heterocycles. The molecule has 3 rings (SSSR count). The molecule has 0 bridgehead atoms. The van der Waals surface area contributed by atoms with Gasteiger partial charge in [0.25, 0.3) is 0 Å². The summed E-state index contributed by atoms with van der Waals surface area (Å²) < 4.78 is 0. The molecular weight excluding hydrogens is 272 g/mol. The molecule has 1 unspecified atom stereocenters. The van der Waals surface area contributed by atoms with E-state index in [1.165, 1.54) is 4.88 Å². The lowest BCUT2D eigenvalue weighted by atomic mass is 9.94. The quantitative estimate of drug-likeness (QED) is 0.920. The van der Waals surface area contributed by atoms with Crippen molar-refractivity contribution in [3.05, 3.63) is 22.4 Å². The number of hydrogen-bond acceptors (Lipinski definition) is 3. The van der Waals surface area contributed by atoms with Gasteiger partial charge in [-0.1, -0.05) is 6.07 Å². The second-order valence-electron chi connectivity index (χ2n) is 6.22. The highest BCUT2D eigenvalue weighted by molar-refractivity contribution is 7.09. The zero-order chi connectivity index (χ0) is 14.3. The Balaban J connectivity index is 1.78. The first-order chi connectivity index (χ1) is 9.49. The lowest BCUT2D eigenvalue weighted by Gasteiger charge is -2.43. The molecule has 20 heavy (non-hydrogen) atoms. The van der Waals surface area contributed by atoms with Crippen LogP contribution in [-0.2, 0) is 16.0 Å². The van der Waals surface area contributed by atoms with Crippen LogP contribution in [0.2, 0.25) is 0 Å². The molecular formula is C15H20N2O2S. The van der Waals surface area contributed by atoms with Gasteiger partial charge in [0.15, 0.2) is 0 Å². The molecule has 5 heteroatoms. The minimum atomic E-state index is -0.780. The molecule has 0 aromatic carbocycles. The molecule has 2 aliphatic rings. The molecule has 2 heterocycles. The van der Waals surface area contributed by atoms with E-state index in [0.717, 1.165) is 19.3 Å². The molecule has 4 nitrogen and oxygen atoms in total. The number of nitrogens with zero attached hydrogens (tertiary/aromatic N) is 1. The molecule has 108 valence electrons. The van der Waals surface area contributed by atoms with Crippen LogP contribution < -0.4 is 5.32 Å². The minimum Gasteiger partial charge on any atom is -0.340 e. The summed E-state index contributed by atoms with van der Waals surface area (Å²) in [6.45, 7) is 4.21. The number of piperazine rings is 1. The van der Waals surface area contributed by atoms with Crippen molar-refractivity contribution in [3.63, 3.8) is 0 Å². The van der Waals surface area contributed by atoms with Gasteiger partial charge in [0.05, 0.1) is 0 Å². The van der Waals surface area contributed by atoms with Crippen molar-refractivity contribution in [1.82, 2.24) is 10.2 Å². The Labute approximate surface area is 123 Å². The van der Waals surface area contributed by atoms with E-state index in [1.54, 1.807) is 25.2 Å². The lowest BCUT2D eigenvalue weighted by molar-refractivity contribution is -0.154. The average molecular weight is 292 g/mol. The molecule has 1 atom stereocenters. The molecule has 1 saturated carbocycles. The molecule has 2 fully saturated rings. The zero-order valence-electron chi connectivity index (χ0n) is 11.9. The van der Waals surface area contributed by atoms with Crippen molar-refractivity contribution in [3.8, 4) is 0 Å². The van der Waals surface area contributed by atoms with Crippen LogP contribution in [-0.4, -0.2) is 34.8 Å². The van der Waals surface area contributed by atoms with Gasteiger partial charge in [-0.25, -0.2) is 0 Å². The number of hydrogen-bond donors (Lipinski definition) is 1. The number of rotatable bonds is 4. The Bertz CT molecular complexity index is 520. The molecule has 0 radical (unpaired) electrons. The largest absolute Gasteiger partial charge is 0.340 e. The van der Waals surface area contributed by atoms with Crippen molar-refractivity contribution in [2.75, 3.05) is 6.54 Å². The maximum Gasteiger partial charge on any atom is 0.248 e. The third-order valence-corrected chi connectivity index (χ3v) is 5.02. The summed E-state index contributed by atoms with van der Waals surface area (Å²) >= 11 is 1.70. The Kier molecular flexibility index (Phi) is 3.32. The monoisotopic (exact) mass is 292 g/mol. The molecule has 2 amide bonds. The van der Waals surface area contributed by atoms with Gasteiger partial charge in [-0.05, 0) is 50.5 Å². The first-order valence-electron chi connectivity index (χ1n) is 7.14. The Hall–Kier alpha value is -1.36. The second-order valence-corrected chi connectivity index (χ2v) is 7.26. The van der Waals surface area contributed by atoms with Gasteiger partial charge in [-0.15, -0.1) is 11.3 Å². The van der Waals surface area contributed by atoms with E-state index in [0.29, 0.717) is 12.5 Å². The molecule has 1 aromatic rings. The van der Waals surface area contributed by atoms with E-state index in [-0.39, 0.29) is 17.9 Å². The highest BCUT2D eigenvalue weighted by atomic mass is 32.1. The van der Waals surface area contributed by atoms with E-state index < -0.39 is 5.54 Å². The number of carbonyl (C=O) groups excluding carboxylic acids is 2. The van der Waals surface area contributed by atoms with Gasteiger partial charge in [0.2, 0.25) is 11.8 Å². The van der Waals surface area contributed by atoms with Crippen LogP contribution in [0.25, 0.3) is 0 Å². The summed E-state index contributed by atoms with van der Waals surface area (Å²) in [7, 11) is 0. The number of amides is 2. The summed E-state index contributed by atoms with van der Waals surface area (Å²) in [4.78, 5) is 28.0. The predicted octanol–water partition coefficient (Wildman–Crippen LogP) is 1.81. The van der Waals surface area contributed by atoms with Gasteiger partial charge in [0.1, 0.15) is 11.6 Å². The van der Waals surface area contributed by atoms with Gasteiger partial charge in [-0.3, -0.25) is 9.59 Å². The van der Waals surface area contributed by atoms with Crippen molar-refractivity contribution in [2.24, 2.45) is 5.92 Å². The summed E-state index contributed by atoms with van der Waals surface area (Å²) in [5.41, 5.74) is -0.780. The SMILES string of the molecule is CC1(C)NC(=O)C(C2CC2)N(CCc2cccs2)C1=O. The van der Waals surface area contributed by atoms with Crippen LogP contribution in [0.5, 0.6) is 0 Å². The van der Waals surface area contributed by atoms with Gasteiger partial charge in [0, 0.05) is 11.4 Å². The Morgan fingerprint density at radius 1 is 1.40 bits per heavy atom. The zero-order valence-corrected chi connectivity index (χ0v) is 12.7. The van der Waals surface area contributed by atoms with Crippen LogP contribution in [0.4, 0.5) is 0 Å².